The largest absolute Gasteiger partial charge is 0.491 e. The maximum Gasteiger partial charge on any atom is 0.262 e. The Morgan fingerprint density at radius 1 is 0.913 bits per heavy atom. The molecule has 2 aromatic heterocycles. The second-order valence-corrected chi connectivity index (χ2v) is 12.9. The van der Waals surface area contributed by atoms with E-state index in [9.17, 15) is 9.90 Å². The Balaban J connectivity index is 1.10. The maximum absolute atomic E-state index is 13.9. The van der Waals surface area contributed by atoms with Crippen LogP contribution in [-0.4, -0.2) is 77.2 Å². The third kappa shape index (κ3) is 5.47. The highest BCUT2D eigenvalue weighted by Gasteiger charge is 2.30. The normalized spacial score (nSPS) is 17.6. The molecule has 8 rings (SSSR count). The second-order valence-electron chi connectivity index (χ2n) is 12.9. The van der Waals surface area contributed by atoms with E-state index >= 15 is 0 Å². The predicted octanol–water partition coefficient (Wildman–Crippen LogP) is 6.05. The number of piperazine rings is 1. The molecule has 8 nitrogen and oxygen atoms in total. The number of anilines is 1. The molecule has 0 bridgehead atoms. The molecule has 0 unspecified atom stereocenters. The highest BCUT2D eigenvalue weighted by molar-refractivity contribution is 6.09. The Hall–Kier alpha value is -4.50. The fraction of sp³-hybridized carbons (Fsp3) is 0.316. The van der Waals surface area contributed by atoms with E-state index < -0.39 is 0 Å². The highest BCUT2D eigenvalue weighted by Crippen LogP contribution is 2.43. The number of hydrogen-bond acceptors (Lipinski definition) is 6. The topological polar surface area (TPSA) is 84.9 Å². The van der Waals surface area contributed by atoms with Gasteiger partial charge in [0.05, 0.1) is 24.4 Å². The summed E-state index contributed by atoms with van der Waals surface area (Å²) in [6, 6.07) is 24.8. The molecule has 1 aliphatic carbocycles. The van der Waals surface area contributed by atoms with Gasteiger partial charge in [0.2, 0.25) is 0 Å². The Morgan fingerprint density at radius 3 is 2.52 bits per heavy atom. The van der Waals surface area contributed by atoms with E-state index in [4.69, 9.17) is 4.74 Å². The number of amides is 1. The Kier molecular flexibility index (Phi) is 7.56. The number of aliphatic hydroxyl groups excluding tert-OH is 1. The van der Waals surface area contributed by atoms with Gasteiger partial charge in [0.25, 0.3) is 5.91 Å². The smallest absolute Gasteiger partial charge is 0.262 e. The first-order valence-electron chi connectivity index (χ1n) is 16.4. The van der Waals surface area contributed by atoms with Crippen LogP contribution < -0.4 is 9.64 Å². The molecule has 2 aliphatic heterocycles. The predicted molar refractivity (Wildman–Crippen MR) is 181 cm³/mol. The van der Waals surface area contributed by atoms with E-state index in [1.807, 2.05) is 36.4 Å². The molecule has 2 N–H and O–H groups in total. The van der Waals surface area contributed by atoms with Crippen LogP contribution >= 0.6 is 0 Å². The number of pyridine rings is 1. The molecule has 0 atom stereocenters. The number of aromatic nitrogens is 2. The zero-order valence-electron chi connectivity index (χ0n) is 26.2. The fourth-order valence-corrected chi connectivity index (χ4v) is 6.95. The molecular formula is C38H39N5O3. The number of carbonyl (C=O) groups is 1. The molecular weight excluding hydrogens is 574 g/mol. The molecule has 1 saturated heterocycles. The van der Waals surface area contributed by atoms with E-state index in [0.29, 0.717) is 41.6 Å². The maximum atomic E-state index is 13.9. The number of ether oxygens (including phenoxy) is 1. The lowest BCUT2D eigenvalue weighted by atomic mass is 9.96. The van der Waals surface area contributed by atoms with Crippen LogP contribution in [0.25, 0.3) is 33.4 Å². The number of aliphatic hydroxyl groups is 1. The van der Waals surface area contributed by atoms with E-state index in [-0.39, 0.29) is 12.5 Å². The average Bonchev–Trinajstić information content (AvgIpc) is 3.87. The fourth-order valence-electron chi connectivity index (χ4n) is 6.95. The van der Waals surface area contributed by atoms with Gasteiger partial charge in [-0.3, -0.25) is 9.69 Å². The van der Waals surface area contributed by atoms with Gasteiger partial charge in [-0.2, -0.15) is 0 Å². The number of fused-ring (bicyclic) bond motifs is 2. The van der Waals surface area contributed by atoms with Gasteiger partial charge in [0, 0.05) is 55.6 Å². The Labute approximate surface area is 269 Å². The van der Waals surface area contributed by atoms with E-state index in [2.05, 4.69) is 63.2 Å². The van der Waals surface area contributed by atoms with Gasteiger partial charge in [-0.15, -0.1) is 0 Å². The number of carbonyl (C=O) groups excluding carboxylic acids is 1. The molecule has 234 valence electrons. The van der Waals surface area contributed by atoms with Crippen molar-refractivity contribution >= 4 is 22.6 Å². The summed E-state index contributed by atoms with van der Waals surface area (Å²) in [6.07, 6.45) is 4.18. The molecule has 0 spiro atoms. The van der Waals surface area contributed by atoms with Crippen LogP contribution in [0.15, 0.2) is 79.0 Å². The SMILES string of the molecule is CN1CCN(Cc2ccc(-c3cc4c(-c5cccc(N6CCOc7cc(C8CC8)ccc7C6=O)c5CO)ccnc4[nH]3)cc2)CC1. The number of H-pyrrole nitrogens is 1. The molecule has 3 aromatic carbocycles. The van der Waals surface area contributed by atoms with Gasteiger partial charge in [0.15, 0.2) is 0 Å². The first-order valence-corrected chi connectivity index (χ1v) is 16.4. The summed E-state index contributed by atoms with van der Waals surface area (Å²) < 4.78 is 6.09. The summed E-state index contributed by atoms with van der Waals surface area (Å²) in [5, 5.41) is 11.7. The third-order valence-electron chi connectivity index (χ3n) is 9.79. The highest BCUT2D eigenvalue weighted by atomic mass is 16.5. The molecule has 8 heteroatoms. The Morgan fingerprint density at radius 2 is 1.74 bits per heavy atom. The lowest BCUT2D eigenvalue weighted by molar-refractivity contribution is 0.0989. The van der Waals surface area contributed by atoms with Gasteiger partial charge in [-0.1, -0.05) is 42.5 Å². The molecule has 2 fully saturated rings. The van der Waals surface area contributed by atoms with Crippen molar-refractivity contribution in [2.24, 2.45) is 0 Å². The van der Waals surface area contributed by atoms with Crippen molar-refractivity contribution in [1.29, 1.82) is 0 Å². The van der Waals surface area contributed by atoms with Crippen molar-refractivity contribution in [2.75, 3.05) is 51.3 Å². The molecule has 3 aliphatic rings. The third-order valence-corrected chi connectivity index (χ3v) is 9.79. The number of likely N-dealkylation sites (N-methyl/N-ethyl adjacent to an activating group) is 1. The van der Waals surface area contributed by atoms with E-state index in [0.717, 1.165) is 66.1 Å². The second kappa shape index (κ2) is 12.0. The summed E-state index contributed by atoms with van der Waals surface area (Å²) in [4.78, 5) is 28.7. The number of benzene rings is 3. The first-order chi connectivity index (χ1) is 22.6. The Bertz CT molecular complexity index is 1900. The van der Waals surface area contributed by atoms with Crippen LogP contribution in [0.5, 0.6) is 5.75 Å². The number of rotatable bonds is 7. The standard InChI is InChI=1S/C38H39N5O3/c1-41-15-17-42(18-16-41)23-25-5-7-27(8-6-25)34-22-32-30(13-14-39-37(32)40-34)29-3-2-4-35(33(29)24-44)43-19-20-46-36-21-28(26-9-10-26)11-12-31(36)38(43)45/h2-8,11-14,21-22,26,44H,9-10,15-20,23-24H2,1H3,(H,39,40). The van der Waals surface area contributed by atoms with Crippen LogP contribution in [0.3, 0.4) is 0 Å². The van der Waals surface area contributed by atoms with Crippen LogP contribution in [0.2, 0.25) is 0 Å². The summed E-state index contributed by atoms with van der Waals surface area (Å²) in [5.74, 6) is 1.13. The van der Waals surface area contributed by atoms with Gasteiger partial charge in [0.1, 0.15) is 18.0 Å². The minimum absolute atomic E-state index is 0.110. The van der Waals surface area contributed by atoms with Gasteiger partial charge in [-0.25, -0.2) is 4.98 Å². The zero-order chi connectivity index (χ0) is 31.2. The van der Waals surface area contributed by atoms with Crippen molar-refractivity contribution in [1.82, 2.24) is 19.8 Å². The number of hydrogen-bond donors (Lipinski definition) is 2. The first kappa shape index (κ1) is 28.9. The van der Waals surface area contributed by atoms with Crippen LogP contribution in [0.4, 0.5) is 5.69 Å². The van der Waals surface area contributed by atoms with Crippen molar-refractivity contribution < 1.29 is 14.6 Å². The quantitative estimate of drug-likeness (QED) is 0.233. The zero-order valence-corrected chi connectivity index (χ0v) is 26.2. The van der Waals surface area contributed by atoms with Gasteiger partial charge >= 0.3 is 0 Å². The van der Waals surface area contributed by atoms with Crippen LogP contribution in [-0.2, 0) is 13.2 Å². The summed E-state index contributed by atoms with van der Waals surface area (Å²) in [6.45, 7) is 5.96. The van der Waals surface area contributed by atoms with Crippen molar-refractivity contribution in [3.8, 4) is 28.1 Å². The van der Waals surface area contributed by atoms with Crippen molar-refractivity contribution in [3.63, 3.8) is 0 Å². The van der Waals surface area contributed by atoms with Crippen LogP contribution in [0, 0.1) is 0 Å². The molecule has 1 amide bonds. The van der Waals surface area contributed by atoms with Crippen molar-refractivity contribution in [2.45, 2.75) is 31.9 Å². The summed E-state index contributed by atoms with van der Waals surface area (Å²) >= 11 is 0. The van der Waals surface area contributed by atoms with Crippen LogP contribution in [0.1, 0.15) is 45.8 Å². The minimum Gasteiger partial charge on any atom is -0.491 e. The monoisotopic (exact) mass is 613 g/mol. The molecule has 0 radical (unpaired) electrons. The van der Waals surface area contributed by atoms with Crippen molar-refractivity contribution in [3.05, 3.63) is 101 Å². The number of nitrogens with zero attached hydrogens (tertiary/aromatic N) is 4. The lowest BCUT2D eigenvalue weighted by Crippen LogP contribution is -2.43. The molecule has 46 heavy (non-hydrogen) atoms. The average molecular weight is 614 g/mol. The molecule has 5 aromatic rings. The minimum atomic E-state index is -0.209. The molecule has 4 heterocycles. The summed E-state index contributed by atoms with van der Waals surface area (Å²) in [7, 11) is 2.18. The summed E-state index contributed by atoms with van der Waals surface area (Å²) in [5.41, 5.74) is 9.22. The molecule has 1 saturated carbocycles. The number of nitrogens with one attached hydrogen (secondary N) is 1. The van der Waals surface area contributed by atoms with Gasteiger partial charge < -0.3 is 24.6 Å². The van der Waals surface area contributed by atoms with Gasteiger partial charge in [-0.05, 0) is 84.0 Å². The van der Waals surface area contributed by atoms with E-state index in [1.165, 1.54) is 24.0 Å². The lowest BCUT2D eigenvalue weighted by Gasteiger charge is -2.32. The number of aromatic amines is 1. The van der Waals surface area contributed by atoms with E-state index in [1.54, 1.807) is 11.1 Å².